The summed E-state index contributed by atoms with van der Waals surface area (Å²) in [6.07, 6.45) is 2.24. The van der Waals surface area contributed by atoms with Gasteiger partial charge in [0.1, 0.15) is 11.5 Å². The average Bonchev–Trinajstić information content (AvgIpc) is 2.75. The summed E-state index contributed by atoms with van der Waals surface area (Å²) in [5, 5.41) is 0. The summed E-state index contributed by atoms with van der Waals surface area (Å²) >= 11 is 1.80. The molecule has 0 fully saturated rings. The number of allylic oxidation sites excluding steroid dienone is 1. The van der Waals surface area contributed by atoms with Crippen molar-refractivity contribution in [1.82, 2.24) is 4.31 Å². The molecule has 1 aromatic carbocycles. The van der Waals surface area contributed by atoms with Gasteiger partial charge in [-0.25, -0.2) is 4.31 Å². The van der Waals surface area contributed by atoms with Gasteiger partial charge in [-0.1, -0.05) is 12.1 Å². The molecule has 0 N–H and O–H groups in total. The van der Waals surface area contributed by atoms with Crippen LogP contribution in [-0.4, -0.2) is 25.1 Å². The first kappa shape index (κ1) is 12.3. The van der Waals surface area contributed by atoms with E-state index in [1.54, 1.807) is 26.2 Å². The van der Waals surface area contributed by atoms with E-state index in [9.17, 15) is 0 Å². The van der Waals surface area contributed by atoms with Gasteiger partial charge in [0.2, 0.25) is 0 Å². The molecule has 0 radical (unpaired) electrons. The fourth-order valence-corrected chi connectivity index (χ4v) is 2.69. The summed E-state index contributed by atoms with van der Waals surface area (Å²) in [5.41, 5.74) is 1.18. The maximum Gasteiger partial charge on any atom is 0.127 e. The maximum atomic E-state index is 5.39. The van der Waals surface area contributed by atoms with Gasteiger partial charge >= 0.3 is 0 Å². The van der Waals surface area contributed by atoms with Gasteiger partial charge in [-0.3, -0.25) is 0 Å². The van der Waals surface area contributed by atoms with Gasteiger partial charge in [-0.15, -0.1) is 0 Å². The molecule has 0 aliphatic carbocycles. The van der Waals surface area contributed by atoms with Crippen molar-refractivity contribution in [2.75, 3.05) is 20.8 Å². The van der Waals surface area contributed by atoms with Crippen molar-refractivity contribution in [1.29, 1.82) is 0 Å². The molecule has 0 aromatic heterocycles. The van der Waals surface area contributed by atoms with Crippen LogP contribution in [0.1, 0.15) is 12.5 Å². The molecule has 0 amide bonds. The van der Waals surface area contributed by atoms with Crippen LogP contribution in [0, 0.1) is 0 Å². The summed E-state index contributed by atoms with van der Waals surface area (Å²) in [6.45, 7) is 4.01. The highest BCUT2D eigenvalue weighted by Gasteiger charge is 2.15. The number of nitrogens with zero attached hydrogens (tertiary/aromatic N) is 1. The van der Waals surface area contributed by atoms with Gasteiger partial charge < -0.3 is 9.47 Å². The quantitative estimate of drug-likeness (QED) is 0.767. The van der Waals surface area contributed by atoms with Crippen LogP contribution in [0.5, 0.6) is 11.5 Å². The van der Waals surface area contributed by atoms with E-state index in [1.165, 1.54) is 10.5 Å². The van der Waals surface area contributed by atoms with E-state index in [2.05, 4.69) is 23.4 Å². The maximum absolute atomic E-state index is 5.39. The topological polar surface area (TPSA) is 21.7 Å². The predicted octanol–water partition coefficient (Wildman–Crippen LogP) is 3.07. The van der Waals surface area contributed by atoms with E-state index in [0.29, 0.717) is 0 Å². The predicted molar refractivity (Wildman–Crippen MR) is 71.3 cm³/mol. The van der Waals surface area contributed by atoms with Gasteiger partial charge in [0.15, 0.2) is 0 Å². The van der Waals surface area contributed by atoms with Crippen molar-refractivity contribution in [3.63, 3.8) is 0 Å². The molecule has 0 bridgehead atoms. The van der Waals surface area contributed by atoms with Gasteiger partial charge in [-0.05, 0) is 29.8 Å². The van der Waals surface area contributed by atoms with E-state index in [4.69, 9.17) is 9.47 Å². The highest BCUT2D eigenvalue weighted by atomic mass is 32.2. The number of hydrogen-bond acceptors (Lipinski definition) is 4. The van der Waals surface area contributed by atoms with Crippen molar-refractivity contribution in [2.45, 2.75) is 13.5 Å². The van der Waals surface area contributed by atoms with E-state index < -0.39 is 0 Å². The van der Waals surface area contributed by atoms with Gasteiger partial charge in [0.25, 0.3) is 0 Å². The zero-order valence-corrected chi connectivity index (χ0v) is 11.2. The zero-order valence-electron chi connectivity index (χ0n) is 10.4. The number of hydrogen-bond donors (Lipinski definition) is 0. The third kappa shape index (κ3) is 2.96. The SMILES string of the molecule is COc1ccc(CN2CC=C(C)S2)c(OC)c1. The van der Waals surface area contributed by atoms with E-state index >= 15 is 0 Å². The zero-order chi connectivity index (χ0) is 12.3. The Morgan fingerprint density at radius 1 is 1.29 bits per heavy atom. The van der Waals surface area contributed by atoms with Crippen LogP contribution in [0.2, 0.25) is 0 Å². The third-order valence-electron chi connectivity index (χ3n) is 2.70. The number of ether oxygens (including phenoxy) is 2. The van der Waals surface area contributed by atoms with E-state index in [0.717, 1.165) is 24.6 Å². The average molecular weight is 251 g/mol. The molecule has 17 heavy (non-hydrogen) atoms. The molecule has 0 spiro atoms. The molecule has 0 saturated carbocycles. The van der Waals surface area contributed by atoms with Crippen molar-refractivity contribution in [3.8, 4) is 11.5 Å². The third-order valence-corrected chi connectivity index (χ3v) is 3.69. The highest BCUT2D eigenvalue weighted by Crippen LogP contribution is 2.32. The first-order chi connectivity index (χ1) is 8.22. The van der Waals surface area contributed by atoms with Crippen molar-refractivity contribution in [3.05, 3.63) is 34.7 Å². The minimum absolute atomic E-state index is 0.828. The second-order valence-electron chi connectivity index (χ2n) is 3.91. The molecule has 0 saturated heterocycles. The molecular weight excluding hydrogens is 234 g/mol. The van der Waals surface area contributed by atoms with Gasteiger partial charge in [-0.2, -0.15) is 0 Å². The molecule has 4 heteroatoms. The van der Waals surface area contributed by atoms with Gasteiger partial charge in [0, 0.05) is 24.7 Å². The summed E-state index contributed by atoms with van der Waals surface area (Å²) in [6, 6.07) is 5.96. The lowest BCUT2D eigenvalue weighted by atomic mass is 10.2. The summed E-state index contributed by atoms with van der Waals surface area (Å²) in [5.74, 6) is 1.71. The molecule has 1 aromatic rings. The fraction of sp³-hybridized carbons (Fsp3) is 0.385. The lowest BCUT2D eigenvalue weighted by Gasteiger charge is -2.16. The monoisotopic (exact) mass is 251 g/mol. The molecule has 0 atom stereocenters. The Morgan fingerprint density at radius 3 is 2.71 bits per heavy atom. The number of rotatable bonds is 4. The first-order valence-corrected chi connectivity index (χ1v) is 6.31. The minimum atomic E-state index is 0.828. The Bertz CT molecular complexity index is 431. The van der Waals surface area contributed by atoms with Crippen LogP contribution >= 0.6 is 11.9 Å². The fourth-order valence-electron chi connectivity index (χ4n) is 1.78. The Kier molecular flexibility index (Phi) is 3.97. The smallest absolute Gasteiger partial charge is 0.127 e. The van der Waals surface area contributed by atoms with Gasteiger partial charge in [0.05, 0.1) is 14.2 Å². The van der Waals surface area contributed by atoms with Crippen molar-refractivity contribution in [2.24, 2.45) is 0 Å². The second kappa shape index (κ2) is 5.47. The molecule has 92 valence electrons. The molecular formula is C13H17NO2S. The van der Waals surface area contributed by atoms with Crippen LogP contribution in [0.4, 0.5) is 0 Å². The number of methoxy groups -OCH3 is 2. The normalized spacial score (nSPS) is 15.8. The summed E-state index contributed by atoms with van der Waals surface area (Å²) in [7, 11) is 3.36. The Labute approximate surface area is 107 Å². The Hall–Kier alpha value is -1.13. The summed E-state index contributed by atoms with van der Waals surface area (Å²) in [4.78, 5) is 1.36. The minimum Gasteiger partial charge on any atom is -0.497 e. The number of benzene rings is 1. The standard InChI is InChI=1S/C13H17NO2S/c1-10-6-7-14(17-10)9-11-4-5-12(15-2)8-13(11)16-3/h4-6,8H,7,9H2,1-3H3. The molecule has 1 aliphatic heterocycles. The largest absolute Gasteiger partial charge is 0.497 e. The van der Waals surface area contributed by atoms with Crippen LogP contribution in [0.3, 0.4) is 0 Å². The van der Waals surface area contributed by atoms with E-state index in [-0.39, 0.29) is 0 Å². The second-order valence-corrected chi connectivity index (χ2v) is 5.25. The van der Waals surface area contributed by atoms with Crippen molar-refractivity contribution < 1.29 is 9.47 Å². The van der Waals surface area contributed by atoms with Crippen LogP contribution in [0.15, 0.2) is 29.2 Å². The molecule has 2 rings (SSSR count). The Morgan fingerprint density at radius 2 is 2.12 bits per heavy atom. The molecule has 1 heterocycles. The highest BCUT2D eigenvalue weighted by molar-refractivity contribution is 8.01. The van der Waals surface area contributed by atoms with Crippen LogP contribution in [0.25, 0.3) is 0 Å². The lowest BCUT2D eigenvalue weighted by molar-refractivity contribution is 0.385. The van der Waals surface area contributed by atoms with Crippen LogP contribution < -0.4 is 9.47 Å². The van der Waals surface area contributed by atoms with Crippen molar-refractivity contribution >= 4 is 11.9 Å². The van der Waals surface area contributed by atoms with Crippen LogP contribution in [-0.2, 0) is 6.54 Å². The lowest BCUT2D eigenvalue weighted by Crippen LogP contribution is -2.12. The molecule has 3 nitrogen and oxygen atoms in total. The summed E-state index contributed by atoms with van der Waals surface area (Å²) < 4.78 is 12.9. The molecule has 1 aliphatic rings. The first-order valence-electron chi connectivity index (χ1n) is 5.53. The Balaban J connectivity index is 2.10. The molecule has 0 unspecified atom stereocenters. The van der Waals surface area contributed by atoms with E-state index in [1.807, 2.05) is 12.1 Å².